The molecule has 2 nitrogen and oxygen atoms in total. The highest BCUT2D eigenvalue weighted by Gasteiger charge is 2.33. The standard InChI is InChI=1S/C9H18N2S/c1-5(2)7-8(6(3)4)11-9(12)10-7/h5-8H,1-4H3,(H2,10,11,12)/t7-,8?/m0/s1. The number of hydrogen-bond acceptors (Lipinski definition) is 1. The molecule has 0 aliphatic carbocycles. The summed E-state index contributed by atoms with van der Waals surface area (Å²) in [6, 6.07) is 0.995. The molecule has 1 unspecified atom stereocenters. The van der Waals surface area contributed by atoms with Gasteiger partial charge in [0.2, 0.25) is 0 Å². The summed E-state index contributed by atoms with van der Waals surface area (Å²) in [4.78, 5) is 0. The molecule has 0 radical (unpaired) electrons. The first kappa shape index (κ1) is 9.78. The fourth-order valence-corrected chi connectivity index (χ4v) is 1.96. The van der Waals surface area contributed by atoms with Crippen molar-refractivity contribution in [2.45, 2.75) is 39.8 Å². The van der Waals surface area contributed by atoms with E-state index in [-0.39, 0.29) is 0 Å². The molecular weight excluding hydrogens is 168 g/mol. The lowest BCUT2D eigenvalue weighted by Crippen LogP contribution is -2.41. The number of thiocarbonyl (C=S) groups is 1. The maximum atomic E-state index is 5.09. The van der Waals surface area contributed by atoms with E-state index in [4.69, 9.17) is 12.2 Å². The lowest BCUT2D eigenvalue weighted by Gasteiger charge is -2.24. The van der Waals surface area contributed by atoms with Crippen molar-refractivity contribution in [2.24, 2.45) is 11.8 Å². The molecule has 1 rings (SSSR count). The van der Waals surface area contributed by atoms with Gasteiger partial charge in [-0.3, -0.25) is 0 Å². The number of nitrogens with one attached hydrogen (secondary N) is 2. The van der Waals surface area contributed by atoms with Gasteiger partial charge >= 0.3 is 0 Å². The maximum absolute atomic E-state index is 5.09. The van der Waals surface area contributed by atoms with Crippen LogP contribution in [-0.4, -0.2) is 17.2 Å². The van der Waals surface area contributed by atoms with E-state index in [2.05, 4.69) is 38.3 Å². The van der Waals surface area contributed by atoms with Crippen LogP contribution in [0, 0.1) is 11.8 Å². The molecule has 1 aliphatic rings. The Bertz CT molecular complexity index is 159. The summed E-state index contributed by atoms with van der Waals surface area (Å²) in [5, 5.41) is 7.42. The van der Waals surface area contributed by atoms with Gasteiger partial charge in [-0.25, -0.2) is 0 Å². The predicted molar refractivity (Wildman–Crippen MR) is 56.1 cm³/mol. The van der Waals surface area contributed by atoms with Gasteiger partial charge in [0, 0.05) is 0 Å². The molecule has 0 saturated carbocycles. The third-order valence-corrected chi connectivity index (χ3v) is 2.65. The Kier molecular flexibility index (Phi) is 2.94. The Morgan fingerprint density at radius 2 is 1.33 bits per heavy atom. The van der Waals surface area contributed by atoms with Crippen LogP contribution in [0.15, 0.2) is 0 Å². The summed E-state index contributed by atoms with van der Waals surface area (Å²) in [5.41, 5.74) is 0. The molecular formula is C9H18N2S. The third-order valence-electron chi connectivity index (χ3n) is 2.42. The second-order valence-electron chi connectivity index (χ2n) is 4.16. The van der Waals surface area contributed by atoms with Gasteiger partial charge in [-0.05, 0) is 24.1 Å². The molecule has 3 heteroatoms. The predicted octanol–water partition coefficient (Wildman–Crippen LogP) is 1.51. The van der Waals surface area contributed by atoms with Crippen LogP contribution in [0.1, 0.15) is 27.7 Å². The molecule has 0 bridgehead atoms. The molecule has 0 aromatic heterocycles. The van der Waals surface area contributed by atoms with E-state index >= 15 is 0 Å². The van der Waals surface area contributed by atoms with Crippen molar-refractivity contribution in [1.82, 2.24) is 10.6 Å². The van der Waals surface area contributed by atoms with E-state index in [1.807, 2.05) is 0 Å². The summed E-state index contributed by atoms with van der Waals surface area (Å²) in [6.07, 6.45) is 0. The molecule has 0 spiro atoms. The van der Waals surface area contributed by atoms with Crippen LogP contribution in [-0.2, 0) is 0 Å². The minimum absolute atomic E-state index is 0.498. The van der Waals surface area contributed by atoms with Gasteiger partial charge in [-0.15, -0.1) is 0 Å². The number of rotatable bonds is 2. The molecule has 1 saturated heterocycles. The van der Waals surface area contributed by atoms with Crippen LogP contribution >= 0.6 is 12.2 Å². The third kappa shape index (κ3) is 1.89. The Morgan fingerprint density at radius 3 is 1.58 bits per heavy atom. The van der Waals surface area contributed by atoms with Gasteiger partial charge in [-0.1, -0.05) is 27.7 Å². The van der Waals surface area contributed by atoms with Crippen molar-refractivity contribution in [3.05, 3.63) is 0 Å². The van der Waals surface area contributed by atoms with Crippen LogP contribution in [0.3, 0.4) is 0 Å². The molecule has 1 heterocycles. The minimum Gasteiger partial charge on any atom is -0.358 e. The van der Waals surface area contributed by atoms with Crippen molar-refractivity contribution < 1.29 is 0 Å². The maximum Gasteiger partial charge on any atom is 0.166 e. The number of hydrogen-bond donors (Lipinski definition) is 2. The first-order valence-electron chi connectivity index (χ1n) is 4.59. The van der Waals surface area contributed by atoms with E-state index in [0.29, 0.717) is 23.9 Å². The van der Waals surface area contributed by atoms with Gasteiger partial charge in [0.15, 0.2) is 5.11 Å². The van der Waals surface area contributed by atoms with Crippen molar-refractivity contribution >= 4 is 17.3 Å². The molecule has 0 aromatic carbocycles. The Balaban J connectivity index is 2.65. The molecule has 2 N–H and O–H groups in total. The van der Waals surface area contributed by atoms with Crippen LogP contribution in [0.5, 0.6) is 0 Å². The zero-order chi connectivity index (χ0) is 9.30. The van der Waals surface area contributed by atoms with Gasteiger partial charge in [0.25, 0.3) is 0 Å². The first-order valence-corrected chi connectivity index (χ1v) is 5.00. The van der Waals surface area contributed by atoms with Crippen molar-refractivity contribution in [3.63, 3.8) is 0 Å². The molecule has 70 valence electrons. The molecule has 0 aromatic rings. The van der Waals surface area contributed by atoms with Gasteiger partial charge < -0.3 is 10.6 Å². The van der Waals surface area contributed by atoms with Gasteiger partial charge in [0.1, 0.15) is 0 Å². The Labute approximate surface area is 80.1 Å². The van der Waals surface area contributed by atoms with Crippen LogP contribution in [0.25, 0.3) is 0 Å². The summed E-state index contributed by atoms with van der Waals surface area (Å²) < 4.78 is 0. The van der Waals surface area contributed by atoms with Crippen LogP contribution in [0.4, 0.5) is 0 Å². The highest BCUT2D eigenvalue weighted by atomic mass is 32.1. The average Bonchev–Trinajstić information content (AvgIpc) is 2.31. The Hall–Kier alpha value is -0.310. The van der Waals surface area contributed by atoms with E-state index in [9.17, 15) is 0 Å². The molecule has 1 fully saturated rings. The SMILES string of the molecule is CC(C)C1NC(=S)N[C@H]1C(C)C. The second kappa shape index (κ2) is 3.60. The summed E-state index contributed by atoms with van der Waals surface area (Å²) in [5.74, 6) is 1.26. The topological polar surface area (TPSA) is 24.1 Å². The summed E-state index contributed by atoms with van der Waals surface area (Å²) >= 11 is 5.09. The van der Waals surface area contributed by atoms with Crippen LogP contribution < -0.4 is 10.6 Å². The van der Waals surface area contributed by atoms with E-state index < -0.39 is 0 Å². The van der Waals surface area contributed by atoms with Crippen LogP contribution in [0.2, 0.25) is 0 Å². The fraction of sp³-hybridized carbons (Fsp3) is 0.889. The van der Waals surface area contributed by atoms with Gasteiger partial charge in [-0.2, -0.15) is 0 Å². The van der Waals surface area contributed by atoms with E-state index in [1.165, 1.54) is 0 Å². The van der Waals surface area contributed by atoms with E-state index in [1.54, 1.807) is 0 Å². The van der Waals surface area contributed by atoms with Crippen molar-refractivity contribution in [1.29, 1.82) is 0 Å². The normalized spacial score (nSPS) is 29.3. The second-order valence-corrected chi connectivity index (χ2v) is 4.57. The lowest BCUT2D eigenvalue weighted by molar-refractivity contribution is 0.337. The zero-order valence-electron chi connectivity index (χ0n) is 8.22. The van der Waals surface area contributed by atoms with E-state index in [0.717, 1.165) is 5.11 Å². The quantitative estimate of drug-likeness (QED) is 0.639. The Morgan fingerprint density at radius 1 is 1.00 bits per heavy atom. The zero-order valence-corrected chi connectivity index (χ0v) is 9.03. The summed E-state index contributed by atoms with van der Waals surface area (Å²) in [7, 11) is 0. The summed E-state index contributed by atoms with van der Waals surface area (Å²) in [6.45, 7) is 8.90. The highest BCUT2D eigenvalue weighted by molar-refractivity contribution is 7.80. The molecule has 2 atom stereocenters. The highest BCUT2D eigenvalue weighted by Crippen LogP contribution is 2.17. The monoisotopic (exact) mass is 186 g/mol. The van der Waals surface area contributed by atoms with Crippen molar-refractivity contribution in [3.8, 4) is 0 Å². The molecule has 0 amide bonds. The fourth-order valence-electron chi connectivity index (χ4n) is 1.69. The minimum atomic E-state index is 0.498. The largest absolute Gasteiger partial charge is 0.358 e. The molecule has 12 heavy (non-hydrogen) atoms. The lowest BCUT2D eigenvalue weighted by atomic mass is 9.90. The first-order chi connectivity index (χ1) is 5.52. The molecule has 1 aliphatic heterocycles. The average molecular weight is 186 g/mol. The smallest absolute Gasteiger partial charge is 0.166 e. The van der Waals surface area contributed by atoms with Gasteiger partial charge in [0.05, 0.1) is 12.1 Å². The van der Waals surface area contributed by atoms with Crippen molar-refractivity contribution in [2.75, 3.05) is 0 Å².